The van der Waals surface area contributed by atoms with E-state index in [1.54, 1.807) is 13.8 Å². The predicted octanol–water partition coefficient (Wildman–Crippen LogP) is 0.125. The van der Waals surface area contributed by atoms with Crippen LogP contribution in [0.5, 0.6) is 0 Å². The summed E-state index contributed by atoms with van der Waals surface area (Å²) >= 11 is 0. The fraction of sp³-hybridized carbons (Fsp3) is 0.778. The zero-order valence-corrected chi connectivity index (χ0v) is 8.98. The van der Waals surface area contributed by atoms with Crippen LogP contribution in [-0.4, -0.2) is 41.1 Å². The average Bonchev–Trinajstić information content (AvgIpc) is 2.18. The van der Waals surface area contributed by atoms with Gasteiger partial charge in [0.15, 0.2) is 5.78 Å². The standard InChI is InChI=1S/C9H17NO4/c1-5-8(12)9(3,13)7(2)10(6-11)14-4/h6-7,13H,5H2,1-4H3. The molecule has 0 fully saturated rings. The normalized spacial score (nSPS) is 16.9. The second-order valence-corrected chi connectivity index (χ2v) is 3.25. The molecule has 0 heterocycles. The van der Waals surface area contributed by atoms with Gasteiger partial charge in [0, 0.05) is 6.42 Å². The molecule has 1 N–H and O–H groups in total. The summed E-state index contributed by atoms with van der Waals surface area (Å²) in [6, 6.07) is -0.711. The Balaban J connectivity index is 4.71. The summed E-state index contributed by atoms with van der Waals surface area (Å²) in [7, 11) is 1.30. The van der Waals surface area contributed by atoms with Gasteiger partial charge in [-0.25, -0.2) is 5.06 Å². The van der Waals surface area contributed by atoms with Crippen LogP contribution in [-0.2, 0) is 14.4 Å². The highest BCUT2D eigenvalue weighted by Crippen LogP contribution is 2.17. The Morgan fingerprint density at radius 2 is 2.21 bits per heavy atom. The van der Waals surface area contributed by atoms with Crippen molar-refractivity contribution in [1.29, 1.82) is 0 Å². The lowest BCUT2D eigenvalue weighted by Gasteiger charge is -2.33. The zero-order valence-electron chi connectivity index (χ0n) is 8.98. The minimum Gasteiger partial charge on any atom is -0.380 e. The number of aliphatic hydroxyl groups is 1. The minimum absolute atomic E-state index is 0.216. The molecule has 0 aliphatic carbocycles. The third-order valence-corrected chi connectivity index (χ3v) is 2.40. The predicted molar refractivity (Wildman–Crippen MR) is 50.3 cm³/mol. The van der Waals surface area contributed by atoms with E-state index in [9.17, 15) is 14.7 Å². The number of hydrogen-bond acceptors (Lipinski definition) is 4. The highest BCUT2D eigenvalue weighted by molar-refractivity contribution is 5.87. The SMILES string of the molecule is CCC(=O)C(C)(O)C(C)N(C=O)OC. The van der Waals surface area contributed by atoms with Crippen molar-refractivity contribution < 1.29 is 19.5 Å². The Labute approximate surface area is 83.6 Å². The largest absolute Gasteiger partial charge is 0.380 e. The maximum atomic E-state index is 11.4. The molecule has 14 heavy (non-hydrogen) atoms. The van der Waals surface area contributed by atoms with Gasteiger partial charge in [-0.3, -0.25) is 14.4 Å². The molecule has 0 aromatic carbocycles. The van der Waals surface area contributed by atoms with Crippen molar-refractivity contribution in [3.63, 3.8) is 0 Å². The molecule has 0 saturated heterocycles. The maximum absolute atomic E-state index is 11.4. The minimum atomic E-state index is -1.58. The fourth-order valence-electron chi connectivity index (χ4n) is 1.13. The van der Waals surface area contributed by atoms with Crippen LogP contribution < -0.4 is 0 Å². The summed E-state index contributed by atoms with van der Waals surface area (Å²) in [6.07, 6.45) is 0.649. The van der Waals surface area contributed by atoms with Crippen molar-refractivity contribution >= 4 is 12.2 Å². The van der Waals surface area contributed by atoms with Crippen molar-refractivity contribution in [1.82, 2.24) is 5.06 Å². The molecule has 0 saturated carbocycles. The van der Waals surface area contributed by atoms with Gasteiger partial charge in [-0.15, -0.1) is 0 Å². The van der Waals surface area contributed by atoms with E-state index < -0.39 is 11.6 Å². The number of Topliss-reactive ketones (excluding diaryl/α,β-unsaturated/α-hetero) is 1. The molecular formula is C9H17NO4. The Kier molecular flexibility index (Phi) is 4.73. The molecule has 5 nitrogen and oxygen atoms in total. The Morgan fingerprint density at radius 1 is 1.71 bits per heavy atom. The van der Waals surface area contributed by atoms with Crippen LogP contribution in [0.2, 0.25) is 0 Å². The molecule has 0 rings (SSSR count). The molecular weight excluding hydrogens is 186 g/mol. The van der Waals surface area contributed by atoms with Crippen molar-refractivity contribution in [2.45, 2.75) is 38.8 Å². The number of carbonyl (C=O) groups is 2. The van der Waals surface area contributed by atoms with Crippen molar-refractivity contribution in [2.24, 2.45) is 0 Å². The number of hydrogen-bond donors (Lipinski definition) is 1. The summed E-state index contributed by atoms with van der Waals surface area (Å²) in [5, 5.41) is 10.8. The van der Waals surface area contributed by atoms with Gasteiger partial charge in [-0.2, -0.15) is 0 Å². The number of nitrogens with zero attached hydrogens (tertiary/aromatic N) is 1. The third-order valence-electron chi connectivity index (χ3n) is 2.40. The zero-order chi connectivity index (χ0) is 11.4. The van der Waals surface area contributed by atoms with Gasteiger partial charge in [-0.1, -0.05) is 6.92 Å². The molecule has 0 aliphatic heterocycles. The molecule has 0 radical (unpaired) electrons. The number of ketones is 1. The van der Waals surface area contributed by atoms with Gasteiger partial charge in [0.2, 0.25) is 6.41 Å². The highest BCUT2D eigenvalue weighted by atomic mass is 16.7. The van der Waals surface area contributed by atoms with E-state index in [2.05, 4.69) is 0 Å². The second kappa shape index (κ2) is 5.07. The van der Waals surface area contributed by atoms with Gasteiger partial charge in [-0.05, 0) is 13.8 Å². The van der Waals surface area contributed by atoms with E-state index >= 15 is 0 Å². The molecule has 0 bridgehead atoms. The van der Waals surface area contributed by atoms with Crippen molar-refractivity contribution in [2.75, 3.05) is 7.11 Å². The first-order valence-electron chi connectivity index (χ1n) is 4.45. The van der Waals surface area contributed by atoms with Gasteiger partial charge in [0.25, 0.3) is 0 Å². The first-order chi connectivity index (χ1) is 6.41. The van der Waals surface area contributed by atoms with Crippen LogP contribution >= 0.6 is 0 Å². The van der Waals surface area contributed by atoms with Crippen LogP contribution in [0, 0.1) is 0 Å². The molecule has 82 valence electrons. The van der Waals surface area contributed by atoms with E-state index in [-0.39, 0.29) is 12.2 Å². The lowest BCUT2D eigenvalue weighted by Crippen LogP contribution is -2.53. The van der Waals surface area contributed by atoms with Gasteiger partial charge >= 0.3 is 0 Å². The lowest BCUT2D eigenvalue weighted by molar-refractivity contribution is -0.196. The Bertz CT molecular complexity index is 215. The van der Waals surface area contributed by atoms with Gasteiger partial charge in [0.05, 0.1) is 13.2 Å². The average molecular weight is 203 g/mol. The summed E-state index contributed by atoms with van der Waals surface area (Å²) in [5.41, 5.74) is -1.58. The molecule has 2 unspecified atom stereocenters. The molecule has 0 spiro atoms. The molecule has 0 aliphatic rings. The van der Waals surface area contributed by atoms with Crippen LogP contribution in [0.3, 0.4) is 0 Å². The van der Waals surface area contributed by atoms with E-state index in [1.165, 1.54) is 14.0 Å². The van der Waals surface area contributed by atoms with E-state index in [1.807, 2.05) is 0 Å². The van der Waals surface area contributed by atoms with Crippen molar-refractivity contribution in [3.05, 3.63) is 0 Å². The smallest absolute Gasteiger partial charge is 0.233 e. The maximum Gasteiger partial charge on any atom is 0.233 e. The van der Waals surface area contributed by atoms with Gasteiger partial charge in [0.1, 0.15) is 5.60 Å². The molecule has 0 aromatic heterocycles. The Hall–Kier alpha value is -0.940. The summed E-state index contributed by atoms with van der Waals surface area (Å²) in [5.74, 6) is -0.325. The first kappa shape index (κ1) is 13.1. The van der Waals surface area contributed by atoms with Gasteiger partial charge < -0.3 is 5.11 Å². The number of rotatable bonds is 6. The van der Waals surface area contributed by atoms with E-state index in [0.717, 1.165) is 5.06 Å². The Morgan fingerprint density at radius 3 is 2.50 bits per heavy atom. The lowest BCUT2D eigenvalue weighted by atomic mass is 9.91. The molecule has 1 amide bonds. The fourth-order valence-corrected chi connectivity index (χ4v) is 1.13. The van der Waals surface area contributed by atoms with Crippen molar-refractivity contribution in [3.8, 4) is 0 Å². The number of hydroxylamine groups is 2. The van der Waals surface area contributed by atoms with Crippen LogP contribution in [0.4, 0.5) is 0 Å². The highest BCUT2D eigenvalue weighted by Gasteiger charge is 2.38. The van der Waals surface area contributed by atoms with E-state index in [0.29, 0.717) is 6.41 Å². The van der Waals surface area contributed by atoms with E-state index in [4.69, 9.17) is 4.84 Å². The second-order valence-electron chi connectivity index (χ2n) is 3.25. The molecule has 5 heteroatoms. The van der Waals surface area contributed by atoms with Crippen LogP contribution in [0.25, 0.3) is 0 Å². The first-order valence-corrected chi connectivity index (χ1v) is 4.45. The summed E-state index contributed by atoms with van der Waals surface area (Å²) < 4.78 is 0. The number of amides is 1. The quantitative estimate of drug-likeness (QED) is 0.492. The molecule has 2 atom stereocenters. The number of carbonyl (C=O) groups excluding carboxylic acids is 2. The topological polar surface area (TPSA) is 66.8 Å². The third kappa shape index (κ3) is 2.52. The monoisotopic (exact) mass is 203 g/mol. The summed E-state index contributed by atoms with van der Waals surface area (Å²) in [6.45, 7) is 4.58. The van der Waals surface area contributed by atoms with Crippen LogP contribution in [0.15, 0.2) is 0 Å². The summed E-state index contributed by atoms with van der Waals surface area (Å²) in [4.78, 5) is 26.6. The molecule has 0 aromatic rings. The van der Waals surface area contributed by atoms with Crippen LogP contribution in [0.1, 0.15) is 27.2 Å².